The van der Waals surface area contributed by atoms with Gasteiger partial charge in [-0.3, -0.25) is 9.59 Å². The van der Waals surface area contributed by atoms with Gasteiger partial charge >= 0.3 is 11.9 Å². The maximum absolute atomic E-state index is 12.7. The average molecular weight is 697 g/mol. The van der Waals surface area contributed by atoms with Gasteiger partial charge < -0.3 is 28.1 Å². The molecule has 0 aliphatic carbocycles. The highest BCUT2D eigenvalue weighted by molar-refractivity contribution is 6.80. The fraction of sp³-hybridized carbons (Fsp3) is 0.366. The maximum atomic E-state index is 12.7. The van der Waals surface area contributed by atoms with Crippen LogP contribution in [0.25, 0.3) is 0 Å². The second-order valence-electron chi connectivity index (χ2n) is 13.9. The fourth-order valence-corrected chi connectivity index (χ4v) is 8.86. The van der Waals surface area contributed by atoms with Crippen LogP contribution in [0.15, 0.2) is 121 Å². The molecule has 264 valence electrons. The summed E-state index contributed by atoms with van der Waals surface area (Å²) in [5.74, 6) is -1.14. The molecule has 0 spiro atoms. The van der Waals surface area contributed by atoms with E-state index < -0.39 is 51.2 Å². The van der Waals surface area contributed by atoms with Gasteiger partial charge in [-0.15, -0.1) is 0 Å². The lowest BCUT2D eigenvalue weighted by Crippen LogP contribution is -2.62. The standard InChI is InChI=1S/C41H48O8Si/c1-30(42)46-37-38(45-28-33-20-12-7-13-21-33)41(48-39(37)47-31(2)43,29-44-27-32-18-10-6-11-19-32)36(26-40(3,4)5)49-50(34-22-14-8-15-23-34)35-24-16-9-17-25-35/h6-25,36-39,50H,26-29H2,1-5H3/t36?,37-,38+,39+,41?/m1/s1. The molecule has 5 atom stereocenters. The normalized spacial score (nSPS) is 21.1. The summed E-state index contributed by atoms with van der Waals surface area (Å²) in [5.41, 5.74) is 0.252. The van der Waals surface area contributed by atoms with Crippen LogP contribution in [0.5, 0.6) is 0 Å². The molecular weight excluding hydrogens is 649 g/mol. The van der Waals surface area contributed by atoms with E-state index in [0.29, 0.717) is 6.42 Å². The Kier molecular flexibility index (Phi) is 12.8. The predicted molar refractivity (Wildman–Crippen MR) is 194 cm³/mol. The van der Waals surface area contributed by atoms with Gasteiger partial charge in [-0.2, -0.15) is 0 Å². The summed E-state index contributed by atoms with van der Waals surface area (Å²) in [6, 6.07) is 40.0. The lowest BCUT2D eigenvalue weighted by Gasteiger charge is -2.44. The van der Waals surface area contributed by atoms with Crippen molar-refractivity contribution in [3.05, 3.63) is 132 Å². The summed E-state index contributed by atoms with van der Waals surface area (Å²) in [4.78, 5) is 25.2. The summed E-state index contributed by atoms with van der Waals surface area (Å²) in [7, 11) is -2.40. The quantitative estimate of drug-likeness (QED) is 0.115. The highest BCUT2D eigenvalue weighted by Gasteiger charge is 2.64. The van der Waals surface area contributed by atoms with Gasteiger partial charge in [0.25, 0.3) is 0 Å². The molecule has 1 aliphatic heterocycles. The van der Waals surface area contributed by atoms with Gasteiger partial charge in [0.1, 0.15) is 6.10 Å². The summed E-state index contributed by atoms with van der Waals surface area (Å²) >= 11 is 0. The van der Waals surface area contributed by atoms with Crippen molar-refractivity contribution in [1.82, 2.24) is 0 Å². The van der Waals surface area contributed by atoms with Gasteiger partial charge in [-0.1, -0.05) is 142 Å². The number of hydrogen-bond donors (Lipinski definition) is 0. The van der Waals surface area contributed by atoms with Crippen molar-refractivity contribution in [3.63, 3.8) is 0 Å². The summed E-state index contributed by atoms with van der Waals surface area (Å²) in [6.45, 7) is 9.53. The molecule has 0 bridgehead atoms. The molecule has 1 saturated heterocycles. The zero-order valence-corrected chi connectivity index (χ0v) is 30.7. The minimum atomic E-state index is -2.40. The van der Waals surface area contributed by atoms with Crippen LogP contribution in [0.1, 0.15) is 52.2 Å². The molecule has 0 N–H and O–H groups in total. The van der Waals surface area contributed by atoms with Crippen LogP contribution >= 0.6 is 0 Å². The van der Waals surface area contributed by atoms with Crippen molar-refractivity contribution in [2.24, 2.45) is 5.41 Å². The molecule has 8 nitrogen and oxygen atoms in total. The smallest absolute Gasteiger partial charge is 0.305 e. The summed E-state index contributed by atoms with van der Waals surface area (Å²) in [6.07, 6.45) is -3.44. The van der Waals surface area contributed by atoms with Crippen molar-refractivity contribution < 1.29 is 37.7 Å². The number of rotatable bonds is 15. The second-order valence-corrected chi connectivity index (χ2v) is 16.3. The molecule has 2 unspecified atom stereocenters. The zero-order valence-electron chi connectivity index (χ0n) is 29.5. The molecule has 1 aliphatic rings. The van der Waals surface area contributed by atoms with E-state index in [2.05, 4.69) is 45.0 Å². The monoisotopic (exact) mass is 696 g/mol. The van der Waals surface area contributed by atoms with Crippen LogP contribution in [-0.4, -0.2) is 57.8 Å². The van der Waals surface area contributed by atoms with E-state index in [1.165, 1.54) is 13.8 Å². The third-order valence-corrected chi connectivity index (χ3v) is 11.1. The molecule has 0 saturated carbocycles. The molecule has 5 rings (SSSR count). The minimum Gasteiger partial charge on any atom is -0.453 e. The van der Waals surface area contributed by atoms with E-state index in [-0.39, 0.29) is 25.2 Å². The number of carbonyl (C=O) groups is 2. The van der Waals surface area contributed by atoms with Crippen molar-refractivity contribution in [3.8, 4) is 0 Å². The Hall–Kier alpha value is -4.12. The van der Waals surface area contributed by atoms with Crippen LogP contribution in [0.3, 0.4) is 0 Å². The first-order chi connectivity index (χ1) is 24.0. The number of benzene rings is 4. The van der Waals surface area contributed by atoms with Crippen molar-refractivity contribution in [2.75, 3.05) is 6.61 Å². The van der Waals surface area contributed by atoms with Gasteiger partial charge in [0.2, 0.25) is 15.3 Å². The Labute approximate surface area is 297 Å². The van der Waals surface area contributed by atoms with E-state index in [4.69, 9.17) is 28.1 Å². The van der Waals surface area contributed by atoms with E-state index >= 15 is 0 Å². The lowest BCUT2D eigenvalue weighted by molar-refractivity contribution is -0.234. The SMILES string of the molecule is CC(=O)O[C@H]1OC(COCc2ccccc2)(C(CC(C)(C)C)O[SiH](c2ccccc2)c2ccccc2)[C@@H](OCc2ccccc2)[C@H]1OC(C)=O. The van der Waals surface area contributed by atoms with E-state index in [1.807, 2.05) is 97.1 Å². The Morgan fingerprint density at radius 1 is 0.720 bits per heavy atom. The number of ether oxygens (including phenoxy) is 5. The van der Waals surface area contributed by atoms with Crippen LogP contribution in [0.2, 0.25) is 0 Å². The van der Waals surface area contributed by atoms with Crippen LogP contribution < -0.4 is 10.4 Å². The summed E-state index contributed by atoms with van der Waals surface area (Å²) < 4.78 is 39.4. The molecule has 9 heteroatoms. The Morgan fingerprint density at radius 2 is 1.20 bits per heavy atom. The average Bonchev–Trinajstić information content (AvgIpc) is 3.37. The maximum Gasteiger partial charge on any atom is 0.305 e. The molecule has 0 amide bonds. The van der Waals surface area contributed by atoms with E-state index in [1.54, 1.807) is 0 Å². The first-order valence-electron chi connectivity index (χ1n) is 17.1. The van der Waals surface area contributed by atoms with Crippen molar-refractivity contribution in [2.45, 2.75) is 84.5 Å². The van der Waals surface area contributed by atoms with Gasteiger partial charge in [0.05, 0.1) is 25.9 Å². The number of carbonyl (C=O) groups excluding carboxylic acids is 2. The van der Waals surface area contributed by atoms with Gasteiger partial charge in [0.15, 0.2) is 11.7 Å². The van der Waals surface area contributed by atoms with E-state index in [9.17, 15) is 9.59 Å². The highest BCUT2D eigenvalue weighted by Crippen LogP contribution is 2.44. The number of hydrogen-bond acceptors (Lipinski definition) is 8. The van der Waals surface area contributed by atoms with Gasteiger partial charge in [0, 0.05) is 13.8 Å². The Bertz CT molecular complexity index is 1590. The third-order valence-electron chi connectivity index (χ3n) is 8.53. The molecule has 0 radical (unpaired) electrons. The molecule has 0 aromatic heterocycles. The third kappa shape index (κ3) is 9.99. The summed E-state index contributed by atoms with van der Waals surface area (Å²) in [5, 5.41) is 2.18. The highest BCUT2D eigenvalue weighted by atomic mass is 28.3. The number of esters is 2. The molecule has 1 heterocycles. The minimum absolute atomic E-state index is 0.00231. The van der Waals surface area contributed by atoms with Gasteiger partial charge in [-0.25, -0.2) is 0 Å². The predicted octanol–water partition coefficient (Wildman–Crippen LogP) is 5.74. The van der Waals surface area contributed by atoms with E-state index in [0.717, 1.165) is 21.5 Å². The van der Waals surface area contributed by atoms with Crippen molar-refractivity contribution in [1.29, 1.82) is 0 Å². The van der Waals surface area contributed by atoms with Crippen LogP contribution in [0, 0.1) is 5.41 Å². The largest absolute Gasteiger partial charge is 0.453 e. The first-order valence-corrected chi connectivity index (χ1v) is 18.7. The van der Waals surface area contributed by atoms with Crippen LogP contribution in [-0.2, 0) is 50.9 Å². The topological polar surface area (TPSA) is 89.5 Å². The Balaban J connectivity index is 1.66. The molecule has 4 aromatic carbocycles. The fourth-order valence-electron chi connectivity index (χ4n) is 6.36. The lowest BCUT2D eigenvalue weighted by atomic mass is 9.79. The molecular formula is C41H48O8Si. The zero-order chi connectivity index (χ0) is 35.6. The van der Waals surface area contributed by atoms with Crippen LogP contribution in [0.4, 0.5) is 0 Å². The molecule has 1 fully saturated rings. The first kappa shape index (κ1) is 37.1. The van der Waals surface area contributed by atoms with Gasteiger partial charge in [-0.05, 0) is 33.3 Å². The molecule has 4 aromatic rings. The Morgan fingerprint density at radius 3 is 1.68 bits per heavy atom. The van der Waals surface area contributed by atoms with Crippen molar-refractivity contribution >= 4 is 31.4 Å². The second kappa shape index (κ2) is 17.2. The molecule has 50 heavy (non-hydrogen) atoms.